The van der Waals surface area contributed by atoms with E-state index in [0.717, 1.165) is 16.7 Å². The number of hydrogen-bond acceptors (Lipinski definition) is 4. The third kappa shape index (κ3) is 3.05. The molecule has 0 radical (unpaired) electrons. The number of fused-ring (bicyclic) bond motifs is 1. The smallest absolute Gasteiger partial charge is 0.311 e. The minimum Gasteiger partial charge on any atom is -0.450 e. The minimum atomic E-state index is -0.594. The number of nitro groups is 1. The van der Waals surface area contributed by atoms with Gasteiger partial charge in [0.25, 0.3) is 0 Å². The molecule has 0 aliphatic heterocycles. The molecule has 1 N–H and O–H groups in total. The van der Waals surface area contributed by atoms with Gasteiger partial charge in [-0.3, -0.25) is 10.1 Å². The predicted octanol–water partition coefficient (Wildman–Crippen LogP) is 5.03. The van der Waals surface area contributed by atoms with E-state index in [1.807, 2.05) is 48.5 Å². The molecule has 1 atom stereocenters. The summed E-state index contributed by atoms with van der Waals surface area (Å²) in [6.45, 7) is 0. The Morgan fingerprint density at radius 1 is 1.00 bits per heavy atom. The maximum atomic E-state index is 11.4. The van der Waals surface area contributed by atoms with Crippen LogP contribution >= 0.6 is 0 Å². The van der Waals surface area contributed by atoms with Gasteiger partial charge in [-0.1, -0.05) is 42.5 Å². The average molecular weight is 347 g/mol. The molecule has 1 unspecified atom stereocenters. The lowest BCUT2D eigenvalue weighted by Crippen LogP contribution is -1.98. The number of rotatable bonds is 4. The standard InChI is InChI=1S/C21H17NO4/c23-20-10-9-16-12-19(22(24)25)21(13-18(16)20)26-17-8-4-7-15(11-17)14-5-2-1-3-6-14/h1-8,11-13,20,23H,9-10H2. The van der Waals surface area contributed by atoms with E-state index in [4.69, 9.17) is 4.74 Å². The molecule has 1 aliphatic rings. The highest BCUT2D eigenvalue weighted by atomic mass is 16.6. The van der Waals surface area contributed by atoms with Crippen molar-refractivity contribution < 1.29 is 14.8 Å². The quantitative estimate of drug-likeness (QED) is 0.530. The second-order valence-electron chi connectivity index (χ2n) is 6.33. The molecule has 0 heterocycles. The van der Waals surface area contributed by atoms with Crippen LogP contribution in [0.2, 0.25) is 0 Å². The highest BCUT2D eigenvalue weighted by Gasteiger charge is 2.27. The fourth-order valence-corrected chi connectivity index (χ4v) is 3.32. The first kappa shape index (κ1) is 16.3. The maximum absolute atomic E-state index is 11.4. The van der Waals surface area contributed by atoms with Crippen molar-refractivity contribution in [3.63, 3.8) is 0 Å². The lowest BCUT2D eigenvalue weighted by molar-refractivity contribution is -0.385. The van der Waals surface area contributed by atoms with Crippen LogP contribution < -0.4 is 4.74 Å². The van der Waals surface area contributed by atoms with E-state index in [1.165, 1.54) is 6.07 Å². The van der Waals surface area contributed by atoms with Gasteiger partial charge in [0.2, 0.25) is 5.75 Å². The summed E-state index contributed by atoms with van der Waals surface area (Å²) in [5.74, 6) is 0.668. The van der Waals surface area contributed by atoms with Crippen LogP contribution in [0.15, 0.2) is 66.7 Å². The molecule has 3 aromatic carbocycles. The van der Waals surface area contributed by atoms with E-state index in [9.17, 15) is 15.2 Å². The second-order valence-corrected chi connectivity index (χ2v) is 6.33. The molecule has 1 aliphatic carbocycles. The summed E-state index contributed by atoms with van der Waals surface area (Å²) in [6, 6.07) is 20.4. The molecule has 3 aromatic rings. The largest absolute Gasteiger partial charge is 0.450 e. The minimum absolute atomic E-state index is 0.0806. The van der Waals surface area contributed by atoms with Crippen LogP contribution in [-0.2, 0) is 6.42 Å². The van der Waals surface area contributed by atoms with Gasteiger partial charge >= 0.3 is 5.69 Å². The summed E-state index contributed by atoms with van der Waals surface area (Å²) in [5, 5.41) is 21.5. The molecule has 130 valence electrons. The third-order valence-electron chi connectivity index (χ3n) is 4.63. The third-order valence-corrected chi connectivity index (χ3v) is 4.63. The van der Waals surface area contributed by atoms with Gasteiger partial charge in [-0.05, 0) is 53.3 Å². The Morgan fingerprint density at radius 3 is 2.54 bits per heavy atom. The lowest BCUT2D eigenvalue weighted by Gasteiger charge is -2.11. The van der Waals surface area contributed by atoms with Crippen LogP contribution in [0.25, 0.3) is 11.1 Å². The molecule has 0 amide bonds. The molecule has 0 aromatic heterocycles. The molecular weight excluding hydrogens is 330 g/mol. The van der Waals surface area contributed by atoms with Crippen LogP contribution in [-0.4, -0.2) is 10.0 Å². The number of aliphatic hydroxyl groups excluding tert-OH is 1. The fraction of sp³-hybridized carbons (Fsp3) is 0.143. The van der Waals surface area contributed by atoms with Gasteiger partial charge in [0.05, 0.1) is 11.0 Å². The SMILES string of the molecule is O=[N+]([O-])c1cc2c(cc1Oc1cccc(-c3ccccc3)c1)C(O)CC2. The number of benzene rings is 3. The van der Waals surface area contributed by atoms with Crippen molar-refractivity contribution in [2.75, 3.05) is 0 Å². The Kier molecular flexibility index (Phi) is 4.14. The summed E-state index contributed by atoms with van der Waals surface area (Å²) < 4.78 is 5.85. The van der Waals surface area contributed by atoms with Crippen LogP contribution in [0.1, 0.15) is 23.7 Å². The zero-order chi connectivity index (χ0) is 18.1. The van der Waals surface area contributed by atoms with E-state index in [2.05, 4.69) is 0 Å². The molecular formula is C21H17NO4. The number of hydrogen-bond donors (Lipinski definition) is 1. The van der Waals surface area contributed by atoms with E-state index < -0.39 is 11.0 Å². The predicted molar refractivity (Wildman–Crippen MR) is 98.3 cm³/mol. The molecule has 0 spiro atoms. The van der Waals surface area contributed by atoms with E-state index in [0.29, 0.717) is 24.2 Å². The van der Waals surface area contributed by atoms with Crippen molar-refractivity contribution in [2.45, 2.75) is 18.9 Å². The van der Waals surface area contributed by atoms with Crippen LogP contribution in [0.4, 0.5) is 5.69 Å². The number of aryl methyl sites for hydroxylation is 1. The molecule has 4 rings (SSSR count). The Balaban J connectivity index is 1.72. The van der Waals surface area contributed by atoms with Crippen molar-refractivity contribution in [3.8, 4) is 22.6 Å². The first-order chi connectivity index (χ1) is 12.6. The Bertz CT molecular complexity index is 969. The van der Waals surface area contributed by atoms with Gasteiger partial charge in [0.1, 0.15) is 5.75 Å². The average Bonchev–Trinajstić information content (AvgIpc) is 3.02. The summed E-state index contributed by atoms with van der Waals surface area (Å²) in [5.41, 5.74) is 3.45. The van der Waals surface area contributed by atoms with Crippen LogP contribution in [0, 0.1) is 10.1 Å². The van der Waals surface area contributed by atoms with Gasteiger partial charge < -0.3 is 9.84 Å². The maximum Gasteiger partial charge on any atom is 0.311 e. The van der Waals surface area contributed by atoms with E-state index in [1.54, 1.807) is 12.1 Å². The van der Waals surface area contributed by atoms with Crippen molar-refractivity contribution in [3.05, 3.63) is 88.0 Å². The summed E-state index contributed by atoms with van der Waals surface area (Å²) >= 11 is 0. The summed E-state index contributed by atoms with van der Waals surface area (Å²) in [6.07, 6.45) is 0.629. The Hall–Kier alpha value is -3.18. The highest BCUT2D eigenvalue weighted by Crippen LogP contribution is 2.41. The first-order valence-corrected chi connectivity index (χ1v) is 8.44. The number of ether oxygens (including phenoxy) is 1. The molecule has 5 heteroatoms. The summed E-state index contributed by atoms with van der Waals surface area (Å²) in [4.78, 5) is 11.0. The zero-order valence-electron chi connectivity index (χ0n) is 14.0. The Morgan fingerprint density at radius 2 is 1.77 bits per heavy atom. The van der Waals surface area contributed by atoms with E-state index >= 15 is 0 Å². The fourth-order valence-electron chi connectivity index (χ4n) is 3.32. The number of nitro benzene ring substituents is 1. The van der Waals surface area contributed by atoms with E-state index in [-0.39, 0.29) is 11.4 Å². The van der Waals surface area contributed by atoms with Crippen molar-refractivity contribution >= 4 is 5.69 Å². The van der Waals surface area contributed by atoms with Gasteiger partial charge in [-0.2, -0.15) is 0 Å². The van der Waals surface area contributed by atoms with Gasteiger partial charge in [-0.25, -0.2) is 0 Å². The lowest BCUT2D eigenvalue weighted by atomic mass is 10.1. The molecule has 0 fully saturated rings. The van der Waals surface area contributed by atoms with Crippen molar-refractivity contribution in [1.29, 1.82) is 0 Å². The first-order valence-electron chi connectivity index (χ1n) is 8.44. The monoisotopic (exact) mass is 347 g/mol. The van der Waals surface area contributed by atoms with Gasteiger partial charge in [0, 0.05) is 6.07 Å². The van der Waals surface area contributed by atoms with Gasteiger partial charge in [-0.15, -0.1) is 0 Å². The molecule has 5 nitrogen and oxygen atoms in total. The number of aliphatic hydroxyl groups is 1. The normalized spacial score (nSPS) is 15.5. The van der Waals surface area contributed by atoms with Crippen molar-refractivity contribution in [2.24, 2.45) is 0 Å². The summed E-state index contributed by atoms with van der Waals surface area (Å²) in [7, 11) is 0. The second kappa shape index (κ2) is 6.61. The highest BCUT2D eigenvalue weighted by molar-refractivity contribution is 5.65. The molecule has 0 saturated carbocycles. The van der Waals surface area contributed by atoms with Crippen LogP contribution in [0.5, 0.6) is 11.5 Å². The number of nitrogens with zero attached hydrogens (tertiary/aromatic N) is 1. The topological polar surface area (TPSA) is 72.6 Å². The molecule has 0 bridgehead atoms. The zero-order valence-corrected chi connectivity index (χ0v) is 14.0. The molecule has 0 saturated heterocycles. The Labute approximate surface area is 150 Å². The molecule has 26 heavy (non-hydrogen) atoms. The van der Waals surface area contributed by atoms with Crippen LogP contribution in [0.3, 0.4) is 0 Å². The van der Waals surface area contributed by atoms with Crippen molar-refractivity contribution in [1.82, 2.24) is 0 Å². The van der Waals surface area contributed by atoms with Gasteiger partial charge in [0.15, 0.2) is 0 Å².